The van der Waals surface area contributed by atoms with Crippen LogP contribution in [-0.4, -0.2) is 94.2 Å². The van der Waals surface area contributed by atoms with Gasteiger partial charge < -0.3 is 39.4 Å². The van der Waals surface area contributed by atoms with Gasteiger partial charge in [0.1, 0.15) is 37.1 Å². The van der Waals surface area contributed by atoms with Crippen LogP contribution >= 0.6 is 0 Å². The van der Waals surface area contributed by atoms with E-state index in [9.17, 15) is 20.4 Å². The van der Waals surface area contributed by atoms with Crippen molar-refractivity contribution >= 4 is 0 Å². The van der Waals surface area contributed by atoms with Crippen LogP contribution in [0, 0.1) is 18.3 Å². The first-order valence-corrected chi connectivity index (χ1v) is 8.49. The Morgan fingerprint density at radius 2 is 1.70 bits per heavy atom. The number of rotatable bonds is 7. The van der Waals surface area contributed by atoms with E-state index in [-0.39, 0.29) is 6.61 Å². The van der Waals surface area contributed by atoms with Gasteiger partial charge in [-0.2, -0.15) is 4.89 Å². The Bertz CT molecular complexity index is 497. The van der Waals surface area contributed by atoms with E-state index in [1.165, 1.54) is 6.92 Å². The van der Waals surface area contributed by atoms with Crippen LogP contribution < -0.4 is 0 Å². The van der Waals surface area contributed by atoms with Gasteiger partial charge in [0.15, 0.2) is 18.7 Å². The van der Waals surface area contributed by atoms with Crippen molar-refractivity contribution in [3.8, 4) is 12.3 Å². The van der Waals surface area contributed by atoms with Gasteiger partial charge in [-0.25, -0.2) is 5.26 Å². The number of hydrogen-bond donors (Lipinski definition) is 5. The maximum atomic E-state index is 10.2. The third-order valence-corrected chi connectivity index (χ3v) is 4.71. The minimum absolute atomic E-state index is 0.0631. The molecule has 0 aromatic carbocycles. The SMILES string of the molecule is C#CCO[C@@H]1OC(CO)[C@H](OOO)[C@H](O[C@@H]2OC(C)[C@@H](O)[C@H](O)C2O)C1C. The van der Waals surface area contributed by atoms with Gasteiger partial charge in [0.2, 0.25) is 0 Å². The summed E-state index contributed by atoms with van der Waals surface area (Å²) in [6, 6.07) is 0. The van der Waals surface area contributed by atoms with Crippen LogP contribution in [0.2, 0.25) is 0 Å². The van der Waals surface area contributed by atoms with Gasteiger partial charge >= 0.3 is 0 Å². The molecule has 0 aromatic rings. The molecule has 11 nitrogen and oxygen atoms in total. The summed E-state index contributed by atoms with van der Waals surface area (Å²) in [7, 11) is 0. The zero-order chi connectivity index (χ0) is 20.1. The average molecular weight is 394 g/mol. The fourth-order valence-electron chi connectivity index (χ4n) is 3.16. The highest BCUT2D eigenvalue weighted by atomic mass is 17.5. The molecular weight excluding hydrogens is 368 g/mol. The standard InChI is InChI=1S/C16H26O11/c1-4-5-22-15-7(2)13(14(26-27-21)9(6-17)24-15)25-16-12(20)11(19)10(18)8(3)23-16/h1,7-21H,5-6H2,2-3H3/t7?,8?,9?,10-,11+,12?,13-,14+,15-,16+/m1/s1. The molecule has 2 rings (SSSR count). The maximum absolute atomic E-state index is 10.2. The molecule has 10 atom stereocenters. The summed E-state index contributed by atoms with van der Waals surface area (Å²) in [5.74, 6) is 1.72. The molecule has 0 amide bonds. The molecule has 27 heavy (non-hydrogen) atoms. The summed E-state index contributed by atoms with van der Waals surface area (Å²) in [6.45, 7) is 2.58. The minimum atomic E-state index is -1.56. The van der Waals surface area contributed by atoms with Crippen LogP contribution in [0.1, 0.15) is 13.8 Å². The molecule has 2 heterocycles. The Morgan fingerprint density at radius 3 is 2.30 bits per heavy atom. The lowest BCUT2D eigenvalue weighted by molar-refractivity contribution is -0.528. The Hall–Kier alpha value is -0.880. The van der Waals surface area contributed by atoms with Crippen LogP contribution in [0.5, 0.6) is 0 Å². The van der Waals surface area contributed by atoms with E-state index in [4.69, 9.17) is 35.5 Å². The summed E-state index contributed by atoms with van der Waals surface area (Å²) in [5.41, 5.74) is 0. The Labute approximate surface area is 156 Å². The second-order valence-electron chi connectivity index (χ2n) is 6.52. The van der Waals surface area contributed by atoms with Gasteiger partial charge in [-0.05, 0) is 6.92 Å². The molecule has 5 N–H and O–H groups in total. The molecule has 0 aromatic heterocycles. The molecule has 0 spiro atoms. The summed E-state index contributed by atoms with van der Waals surface area (Å²) in [6.07, 6.45) is -5.33. The van der Waals surface area contributed by atoms with Crippen molar-refractivity contribution in [3.63, 3.8) is 0 Å². The largest absolute Gasteiger partial charge is 0.394 e. The van der Waals surface area contributed by atoms with Crippen molar-refractivity contribution in [1.82, 2.24) is 0 Å². The molecule has 2 aliphatic heterocycles. The van der Waals surface area contributed by atoms with Gasteiger partial charge in [-0.15, -0.1) is 6.42 Å². The second-order valence-corrected chi connectivity index (χ2v) is 6.52. The van der Waals surface area contributed by atoms with E-state index in [1.807, 2.05) is 0 Å². The Balaban J connectivity index is 2.20. The van der Waals surface area contributed by atoms with Crippen molar-refractivity contribution in [1.29, 1.82) is 0 Å². The molecule has 4 unspecified atom stereocenters. The van der Waals surface area contributed by atoms with Crippen LogP contribution in [0.25, 0.3) is 0 Å². The number of aliphatic hydroxyl groups is 4. The molecule has 0 bridgehead atoms. The highest BCUT2D eigenvalue weighted by Crippen LogP contribution is 2.33. The van der Waals surface area contributed by atoms with E-state index in [0.717, 1.165) is 0 Å². The number of aliphatic hydroxyl groups excluding tert-OH is 4. The molecule has 2 saturated heterocycles. The lowest BCUT2D eigenvalue weighted by Gasteiger charge is -2.46. The topological polar surface area (TPSA) is 157 Å². The van der Waals surface area contributed by atoms with Crippen molar-refractivity contribution in [2.24, 2.45) is 5.92 Å². The van der Waals surface area contributed by atoms with Gasteiger partial charge in [-0.1, -0.05) is 17.9 Å². The number of terminal acetylenes is 1. The molecule has 0 saturated carbocycles. The van der Waals surface area contributed by atoms with Gasteiger partial charge in [0.25, 0.3) is 0 Å². The van der Waals surface area contributed by atoms with Gasteiger partial charge in [0, 0.05) is 5.92 Å². The van der Waals surface area contributed by atoms with Crippen LogP contribution in [0.3, 0.4) is 0 Å². The predicted octanol–water partition coefficient (Wildman–Crippen LogP) is -2.01. The second kappa shape index (κ2) is 10.1. The van der Waals surface area contributed by atoms with Crippen LogP contribution in [0.15, 0.2) is 0 Å². The van der Waals surface area contributed by atoms with E-state index < -0.39 is 67.8 Å². The normalized spacial score (nSPS) is 45.4. The zero-order valence-electron chi connectivity index (χ0n) is 15.0. The zero-order valence-corrected chi connectivity index (χ0v) is 15.0. The summed E-state index contributed by atoms with van der Waals surface area (Å²) < 4.78 is 22.2. The lowest BCUT2D eigenvalue weighted by Crippen LogP contribution is -2.62. The molecular formula is C16H26O11. The van der Waals surface area contributed by atoms with Gasteiger partial charge in [0.05, 0.1) is 12.7 Å². The first-order valence-electron chi connectivity index (χ1n) is 8.49. The van der Waals surface area contributed by atoms with E-state index in [1.54, 1.807) is 6.92 Å². The molecule has 11 heteroatoms. The van der Waals surface area contributed by atoms with Crippen LogP contribution in [0.4, 0.5) is 0 Å². The van der Waals surface area contributed by atoms with E-state index in [2.05, 4.69) is 11.0 Å². The van der Waals surface area contributed by atoms with Crippen molar-refractivity contribution in [2.75, 3.05) is 13.2 Å². The smallest absolute Gasteiger partial charge is 0.186 e. The lowest BCUT2D eigenvalue weighted by atomic mass is 9.91. The Kier molecular flexibility index (Phi) is 8.35. The summed E-state index contributed by atoms with van der Waals surface area (Å²) in [5, 5.41) is 51.9. The number of ether oxygens (including phenoxy) is 4. The Morgan fingerprint density at radius 1 is 1.00 bits per heavy atom. The predicted molar refractivity (Wildman–Crippen MR) is 85.5 cm³/mol. The fraction of sp³-hybridized carbons (Fsp3) is 0.875. The van der Waals surface area contributed by atoms with Crippen LogP contribution in [-0.2, 0) is 28.9 Å². The summed E-state index contributed by atoms with van der Waals surface area (Å²) >= 11 is 0. The minimum Gasteiger partial charge on any atom is -0.394 e. The first-order chi connectivity index (χ1) is 12.8. The monoisotopic (exact) mass is 394 g/mol. The number of hydrogen-bond acceptors (Lipinski definition) is 11. The third-order valence-electron chi connectivity index (χ3n) is 4.71. The van der Waals surface area contributed by atoms with Gasteiger partial charge in [-0.3, -0.25) is 0 Å². The van der Waals surface area contributed by atoms with Crippen molar-refractivity contribution < 1.29 is 54.6 Å². The molecule has 156 valence electrons. The highest BCUT2D eigenvalue weighted by Gasteiger charge is 2.50. The van der Waals surface area contributed by atoms with Crippen molar-refractivity contribution in [3.05, 3.63) is 0 Å². The maximum Gasteiger partial charge on any atom is 0.186 e. The molecule has 0 radical (unpaired) electrons. The van der Waals surface area contributed by atoms with E-state index >= 15 is 0 Å². The average Bonchev–Trinajstić information content (AvgIpc) is 2.66. The first kappa shape index (κ1) is 22.4. The van der Waals surface area contributed by atoms with E-state index in [0.29, 0.717) is 0 Å². The highest BCUT2D eigenvalue weighted by molar-refractivity contribution is 4.93. The molecule has 2 fully saturated rings. The quantitative estimate of drug-likeness (QED) is 0.185. The molecule has 0 aliphatic carbocycles. The fourth-order valence-corrected chi connectivity index (χ4v) is 3.16. The van der Waals surface area contributed by atoms with Crippen molar-refractivity contribution in [2.45, 2.75) is 69.2 Å². The summed E-state index contributed by atoms with van der Waals surface area (Å²) in [4.78, 5) is 4.77. The molecule has 2 aliphatic rings. The third kappa shape index (κ3) is 4.94.